The monoisotopic (exact) mass is 615 g/mol. The van der Waals surface area contributed by atoms with E-state index in [-0.39, 0.29) is 7.43 Å². The number of nitrogens with zero attached hydrogens (tertiary/aromatic N) is 1. The zero-order valence-corrected chi connectivity index (χ0v) is 32.6. The van der Waals surface area contributed by atoms with E-state index in [0.29, 0.717) is 16.2 Å². The van der Waals surface area contributed by atoms with Gasteiger partial charge in [0, 0.05) is 12.8 Å². The van der Waals surface area contributed by atoms with Crippen molar-refractivity contribution in [2.24, 2.45) is 57.7 Å². The Hall–Kier alpha value is -0.740. The second kappa shape index (κ2) is 18.0. The highest BCUT2D eigenvalue weighted by Gasteiger charge is 2.67. The number of allylic oxidation sites excluding steroid dienone is 2. The molecule has 0 bridgehead atoms. The molecule has 0 N–H and O–H groups in total. The van der Waals surface area contributed by atoms with Gasteiger partial charge in [-0.3, -0.25) is 4.48 Å². The van der Waals surface area contributed by atoms with E-state index in [1.807, 2.05) is 52.9 Å². The quantitative estimate of drug-likeness (QED) is 0.159. The SMILES string of the molecule is C.C#CC.CC.CC.CC.CC(C)CCCCC1CCC2C3C(CC(C)(C)C)CC4CC5=C(CC4(C)C3CCC12C)[N+]5(C)C. The Morgan fingerprint density at radius 3 is 1.95 bits per heavy atom. The van der Waals surface area contributed by atoms with E-state index < -0.39 is 0 Å². The molecule has 0 spiro atoms. The van der Waals surface area contributed by atoms with Gasteiger partial charge in [-0.15, -0.1) is 12.3 Å². The van der Waals surface area contributed by atoms with Gasteiger partial charge in [0.1, 0.15) is 0 Å². The molecule has 1 aliphatic heterocycles. The van der Waals surface area contributed by atoms with Crippen molar-refractivity contribution >= 4 is 0 Å². The maximum Gasteiger partial charge on any atom is 0.171 e. The van der Waals surface area contributed by atoms with Crippen LogP contribution in [0.5, 0.6) is 0 Å². The van der Waals surface area contributed by atoms with Crippen LogP contribution in [0.4, 0.5) is 0 Å². The molecule has 5 aliphatic rings. The van der Waals surface area contributed by atoms with Crippen LogP contribution < -0.4 is 0 Å². The summed E-state index contributed by atoms with van der Waals surface area (Å²) in [5, 5.41) is 0. The Kier molecular flexibility index (Phi) is 17.7. The molecule has 0 amide bonds. The molecule has 0 aromatic rings. The van der Waals surface area contributed by atoms with Crippen molar-refractivity contribution in [2.45, 2.75) is 181 Å². The summed E-state index contributed by atoms with van der Waals surface area (Å²) >= 11 is 0. The first-order chi connectivity index (χ1) is 20.2. The van der Waals surface area contributed by atoms with Gasteiger partial charge in [0.2, 0.25) is 0 Å². The lowest BCUT2D eigenvalue weighted by molar-refractivity contribution is -0.743. The van der Waals surface area contributed by atoms with Crippen LogP contribution in [0.25, 0.3) is 0 Å². The van der Waals surface area contributed by atoms with E-state index in [2.05, 4.69) is 74.9 Å². The number of hydrogen-bond acceptors (Lipinski definition) is 0. The summed E-state index contributed by atoms with van der Waals surface area (Å²) in [6.45, 7) is 31.6. The van der Waals surface area contributed by atoms with Crippen molar-refractivity contribution in [3.8, 4) is 12.3 Å². The number of unbranched alkanes of at least 4 members (excludes halogenated alkanes) is 1. The number of fused-ring (bicyclic) bond motifs is 5. The lowest BCUT2D eigenvalue weighted by Crippen LogP contribution is -2.55. The van der Waals surface area contributed by atoms with E-state index in [1.54, 1.807) is 13.3 Å². The Balaban J connectivity index is 0.00000169. The van der Waals surface area contributed by atoms with Gasteiger partial charge in [-0.25, -0.2) is 0 Å². The molecule has 8 atom stereocenters. The third kappa shape index (κ3) is 9.20. The predicted octanol–water partition coefficient (Wildman–Crippen LogP) is 13.8. The van der Waals surface area contributed by atoms with Gasteiger partial charge in [0.25, 0.3) is 0 Å². The first kappa shape index (κ1) is 43.3. The molecule has 8 unspecified atom stereocenters. The van der Waals surface area contributed by atoms with E-state index in [1.165, 1.54) is 75.1 Å². The average molecular weight is 615 g/mol. The van der Waals surface area contributed by atoms with E-state index >= 15 is 0 Å². The number of quaternary nitrogens is 1. The Morgan fingerprint density at radius 2 is 1.43 bits per heavy atom. The highest BCUT2D eigenvalue weighted by Crippen LogP contribution is 2.72. The Labute approximate surface area is 280 Å². The van der Waals surface area contributed by atoms with Gasteiger partial charge in [0.05, 0.1) is 14.1 Å². The molecule has 5 rings (SSSR count). The molecule has 1 nitrogen and oxygen atoms in total. The van der Waals surface area contributed by atoms with Crippen LogP contribution in [0.3, 0.4) is 0 Å². The number of likely N-dealkylation sites (tertiary alicyclic amines) is 1. The van der Waals surface area contributed by atoms with Crippen molar-refractivity contribution in [2.75, 3.05) is 14.1 Å². The van der Waals surface area contributed by atoms with Gasteiger partial charge in [-0.1, -0.05) is 117 Å². The summed E-state index contributed by atoms with van der Waals surface area (Å²) in [6, 6.07) is 0. The van der Waals surface area contributed by atoms with Crippen LogP contribution in [0.1, 0.15) is 181 Å². The van der Waals surface area contributed by atoms with E-state index in [9.17, 15) is 0 Å². The molecule has 0 aromatic carbocycles. The summed E-state index contributed by atoms with van der Waals surface area (Å²) in [5.74, 6) is 9.01. The average Bonchev–Trinajstić information content (AvgIpc) is 3.29. The molecular weight excluding hydrogens is 530 g/mol. The predicted molar refractivity (Wildman–Crippen MR) is 201 cm³/mol. The summed E-state index contributed by atoms with van der Waals surface area (Å²) in [5.41, 5.74) is 5.31. The van der Waals surface area contributed by atoms with Crippen molar-refractivity contribution in [3.05, 3.63) is 11.4 Å². The summed E-state index contributed by atoms with van der Waals surface area (Å²) in [4.78, 5) is 0. The normalized spacial score (nSPS) is 35.4. The third-order valence-corrected chi connectivity index (χ3v) is 12.5. The maximum atomic E-state index is 4.60. The summed E-state index contributed by atoms with van der Waals surface area (Å²) in [6.07, 6.45) is 22.4. The summed E-state index contributed by atoms with van der Waals surface area (Å²) in [7, 11) is 4.93. The maximum absolute atomic E-state index is 4.60. The Morgan fingerprint density at radius 1 is 0.886 bits per heavy atom. The highest BCUT2D eigenvalue weighted by atomic mass is 15.4. The first-order valence-corrected chi connectivity index (χ1v) is 19.1. The molecule has 3 saturated carbocycles. The minimum Gasteiger partial charge on any atom is -0.261 e. The number of rotatable bonds is 6. The standard InChI is InChI=1S/C33H58N.C3H4.3C2H6.CH4/c1-22(2)12-10-11-13-24-14-15-26-30-23(20-31(3,4)5)18-25-19-28-29(34(28,8)9)21-33(25,7)27(30)16-17-32(24,26)6;1-3-2;3*1-2;/h22-27,30H,10-21H2,1-9H3;1H,2H3;3*1-2H3;1H4/q+1;;;;;. The van der Waals surface area contributed by atoms with E-state index in [0.717, 1.165) is 41.4 Å². The molecule has 1 heterocycles. The van der Waals surface area contributed by atoms with Crippen LogP contribution >= 0.6 is 0 Å². The number of hydrogen-bond donors (Lipinski definition) is 0. The minimum atomic E-state index is 0. The third-order valence-electron chi connectivity index (χ3n) is 12.5. The van der Waals surface area contributed by atoms with Crippen LogP contribution in [0.15, 0.2) is 11.4 Å². The zero-order chi connectivity index (χ0) is 33.4. The number of terminal acetylenes is 1. The topological polar surface area (TPSA) is 0 Å². The molecule has 4 aliphatic carbocycles. The van der Waals surface area contributed by atoms with Crippen LogP contribution in [-0.2, 0) is 0 Å². The lowest BCUT2D eigenvalue weighted by atomic mass is 9.42. The van der Waals surface area contributed by atoms with Crippen molar-refractivity contribution < 1.29 is 4.48 Å². The molecule has 0 aromatic heterocycles. The van der Waals surface area contributed by atoms with Gasteiger partial charge in [0.15, 0.2) is 11.4 Å². The molecule has 3 fully saturated rings. The Bertz CT molecular complexity index is 893. The van der Waals surface area contributed by atoms with Gasteiger partial charge >= 0.3 is 0 Å². The molecule has 44 heavy (non-hydrogen) atoms. The smallest absolute Gasteiger partial charge is 0.171 e. The van der Waals surface area contributed by atoms with Crippen molar-refractivity contribution in [3.63, 3.8) is 0 Å². The fraction of sp³-hybridized carbons (Fsp3) is 0.907. The second-order valence-corrected chi connectivity index (χ2v) is 16.8. The molecule has 260 valence electrons. The molecule has 1 heteroatoms. The van der Waals surface area contributed by atoms with Gasteiger partial charge < -0.3 is 0 Å². The summed E-state index contributed by atoms with van der Waals surface area (Å²) < 4.78 is 1.17. The highest BCUT2D eigenvalue weighted by molar-refractivity contribution is 5.27. The van der Waals surface area contributed by atoms with Crippen LogP contribution in [-0.4, -0.2) is 18.6 Å². The minimum absolute atomic E-state index is 0. The molecule has 0 saturated heterocycles. The van der Waals surface area contributed by atoms with Crippen LogP contribution in [0.2, 0.25) is 0 Å². The first-order valence-electron chi connectivity index (χ1n) is 19.1. The zero-order valence-electron chi connectivity index (χ0n) is 32.6. The second-order valence-electron chi connectivity index (χ2n) is 16.8. The fourth-order valence-electron chi connectivity index (χ4n) is 10.6. The lowest BCUT2D eigenvalue weighted by Gasteiger charge is -2.62. The van der Waals surface area contributed by atoms with E-state index in [4.69, 9.17) is 0 Å². The van der Waals surface area contributed by atoms with Gasteiger partial charge in [-0.2, -0.15) is 0 Å². The van der Waals surface area contributed by atoms with Gasteiger partial charge in [-0.05, 0) is 110 Å². The fourth-order valence-corrected chi connectivity index (χ4v) is 10.6. The molecular formula is C43H84N+. The molecule has 0 radical (unpaired) electrons. The van der Waals surface area contributed by atoms with Crippen molar-refractivity contribution in [1.29, 1.82) is 0 Å². The van der Waals surface area contributed by atoms with Crippen LogP contribution in [0, 0.1) is 70.0 Å². The van der Waals surface area contributed by atoms with Crippen molar-refractivity contribution in [1.82, 2.24) is 0 Å². The largest absolute Gasteiger partial charge is 0.261 e.